The Balaban J connectivity index is 2.11. The quantitative estimate of drug-likeness (QED) is 0.260. The number of halogens is 1. The maximum Gasteiger partial charge on any atom is 0.339 e. The van der Waals surface area contributed by atoms with Gasteiger partial charge in [0.1, 0.15) is 4.83 Å². The Morgan fingerprint density at radius 1 is 1.07 bits per heavy atom. The Morgan fingerprint density at radius 2 is 1.72 bits per heavy atom. The zero-order valence-corrected chi connectivity index (χ0v) is 17.8. The van der Waals surface area contributed by atoms with Crippen molar-refractivity contribution in [3.8, 4) is 22.3 Å². The van der Waals surface area contributed by atoms with Gasteiger partial charge in [-0.05, 0) is 37.1 Å². The number of carbonyl (C=O) groups excluding carboxylic acids is 1. The molecule has 2 aromatic carbocycles. The summed E-state index contributed by atoms with van der Waals surface area (Å²) in [7, 11) is 0. The second kappa shape index (κ2) is 7.90. The largest absolute Gasteiger partial charge is 0.462 e. The minimum Gasteiger partial charge on any atom is -0.462 e. The van der Waals surface area contributed by atoms with Crippen LogP contribution in [0.15, 0.2) is 66.6 Å². The summed E-state index contributed by atoms with van der Waals surface area (Å²) in [5, 5.41) is 2.76. The van der Waals surface area contributed by atoms with E-state index in [0.29, 0.717) is 17.2 Å². The van der Waals surface area contributed by atoms with Gasteiger partial charge in [-0.1, -0.05) is 60.6 Å². The highest BCUT2D eigenvalue weighted by Crippen LogP contribution is 2.45. The second-order valence-corrected chi connectivity index (χ2v) is 7.98. The summed E-state index contributed by atoms with van der Waals surface area (Å²) in [4.78, 5) is 13.7. The van der Waals surface area contributed by atoms with Gasteiger partial charge in [0.2, 0.25) is 0 Å². The predicted molar refractivity (Wildman–Crippen MR) is 122 cm³/mol. The molecular weight excluding hydrogens is 402 g/mol. The van der Waals surface area contributed by atoms with E-state index in [2.05, 4.69) is 28.5 Å². The lowest BCUT2D eigenvalue weighted by Gasteiger charge is -2.11. The van der Waals surface area contributed by atoms with Crippen LogP contribution in [-0.2, 0) is 9.53 Å². The molecule has 0 spiro atoms. The first-order valence-electron chi connectivity index (χ1n) is 9.33. The molecule has 0 saturated carbocycles. The number of thiazole rings is 1. The SMILES string of the molecule is C=C(C(=O)OCC)c1c(-c2ccc(Cl)cc2)c(-c2ccccc2)c2scc(C)n12. The number of carbonyl (C=O) groups is 1. The van der Waals surface area contributed by atoms with Crippen molar-refractivity contribution in [2.45, 2.75) is 13.8 Å². The lowest BCUT2D eigenvalue weighted by atomic mass is 9.94. The molecule has 4 rings (SSSR count). The monoisotopic (exact) mass is 421 g/mol. The number of rotatable bonds is 5. The number of hydrogen-bond donors (Lipinski definition) is 0. The molecule has 0 bridgehead atoms. The van der Waals surface area contributed by atoms with Crippen molar-refractivity contribution in [3.05, 3.63) is 83.0 Å². The van der Waals surface area contributed by atoms with Gasteiger partial charge >= 0.3 is 5.97 Å². The topological polar surface area (TPSA) is 30.7 Å². The molecule has 4 aromatic rings. The van der Waals surface area contributed by atoms with E-state index in [4.69, 9.17) is 16.3 Å². The lowest BCUT2D eigenvalue weighted by Crippen LogP contribution is -2.08. The molecule has 3 nitrogen and oxygen atoms in total. The van der Waals surface area contributed by atoms with Crippen molar-refractivity contribution in [2.24, 2.45) is 0 Å². The number of fused-ring (bicyclic) bond motifs is 1. The number of ether oxygens (including phenoxy) is 1. The first kappa shape index (κ1) is 19.5. The van der Waals surface area contributed by atoms with Gasteiger partial charge in [-0.25, -0.2) is 4.79 Å². The summed E-state index contributed by atoms with van der Waals surface area (Å²) in [6.07, 6.45) is 0. The molecule has 0 amide bonds. The first-order valence-corrected chi connectivity index (χ1v) is 10.6. The lowest BCUT2D eigenvalue weighted by molar-refractivity contribution is -0.136. The molecule has 2 aromatic heterocycles. The van der Waals surface area contributed by atoms with Gasteiger partial charge in [-0.2, -0.15) is 0 Å². The minimum absolute atomic E-state index is 0.302. The zero-order valence-electron chi connectivity index (χ0n) is 16.2. The van der Waals surface area contributed by atoms with Gasteiger partial charge in [0, 0.05) is 27.2 Å². The summed E-state index contributed by atoms with van der Waals surface area (Å²) in [5.41, 5.74) is 6.24. The molecule has 0 aliphatic rings. The third-order valence-corrected chi connectivity index (χ3v) is 6.15. The van der Waals surface area contributed by atoms with Crippen LogP contribution in [0.2, 0.25) is 5.02 Å². The van der Waals surface area contributed by atoms with E-state index in [1.54, 1.807) is 18.3 Å². The second-order valence-electron chi connectivity index (χ2n) is 6.69. The van der Waals surface area contributed by atoms with Crippen molar-refractivity contribution in [2.75, 3.05) is 6.61 Å². The first-order chi connectivity index (χ1) is 14.0. The predicted octanol–water partition coefficient (Wildman–Crippen LogP) is 6.87. The summed E-state index contributed by atoms with van der Waals surface area (Å²) >= 11 is 7.79. The van der Waals surface area contributed by atoms with Gasteiger partial charge in [0.25, 0.3) is 0 Å². The minimum atomic E-state index is -0.410. The number of esters is 1. The average molecular weight is 422 g/mol. The van der Waals surface area contributed by atoms with Crippen LogP contribution in [-0.4, -0.2) is 17.0 Å². The van der Waals surface area contributed by atoms with E-state index in [1.165, 1.54) is 0 Å². The van der Waals surface area contributed by atoms with Crippen LogP contribution in [0.3, 0.4) is 0 Å². The van der Waals surface area contributed by atoms with Crippen LogP contribution in [0.1, 0.15) is 18.3 Å². The van der Waals surface area contributed by atoms with Gasteiger partial charge < -0.3 is 9.14 Å². The van der Waals surface area contributed by atoms with Gasteiger partial charge in [-0.15, -0.1) is 11.3 Å². The fourth-order valence-electron chi connectivity index (χ4n) is 3.56. The maximum atomic E-state index is 12.7. The van der Waals surface area contributed by atoms with Crippen LogP contribution < -0.4 is 0 Å². The van der Waals surface area contributed by atoms with E-state index in [9.17, 15) is 4.79 Å². The molecule has 146 valence electrons. The smallest absolute Gasteiger partial charge is 0.339 e. The molecular formula is C24H20ClNO2S. The third kappa shape index (κ3) is 3.39. The number of aromatic nitrogens is 1. The highest BCUT2D eigenvalue weighted by atomic mass is 35.5. The van der Waals surface area contributed by atoms with E-state index in [1.807, 2.05) is 49.4 Å². The van der Waals surface area contributed by atoms with Crippen LogP contribution in [0.25, 0.3) is 32.7 Å². The Morgan fingerprint density at radius 3 is 2.38 bits per heavy atom. The fraction of sp³-hybridized carbons (Fsp3) is 0.125. The van der Waals surface area contributed by atoms with Gasteiger partial charge in [0.05, 0.1) is 17.9 Å². The Bertz CT molecular complexity index is 1200. The number of hydrogen-bond acceptors (Lipinski definition) is 3. The summed E-state index contributed by atoms with van der Waals surface area (Å²) in [6, 6.07) is 17.9. The van der Waals surface area contributed by atoms with Crippen molar-refractivity contribution in [1.29, 1.82) is 0 Å². The molecule has 29 heavy (non-hydrogen) atoms. The van der Waals surface area contributed by atoms with E-state index >= 15 is 0 Å². The summed E-state index contributed by atoms with van der Waals surface area (Å²) in [6.45, 7) is 8.24. The molecule has 0 atom stereocenters. The highest BCUT2D eigenvalue weighted by Gasteiger charge is 2.27. The van der Waals surface area contributed by atoms with Crippen LogP contribution >= 0.6 is 22.9 Å². The van der Waals surface area contributed by atoms with E-state index in [0.717, 1.165) is 38.5 Å². The molecule has 2 heterocycles. The van der Waals surface area contributed by atoms with Crippen molar-refractivity contribution in [1.82, 2.24) is 4.40 Å². The molecule has 0 fully saturated rings. The molecule has 0 N–H and O–H groups in total. The Labute approximate surface area is 178 Å². The fourth-order valence-corrected chi connectivity index (χ4v) is 4.76. The maximum absolute atomic E-state index is 12.7. The van der Waals surface area contributed by atoms with E-state index < -0.39 is 5.97 Å². The number of benzene rings is 2. The molecule has 0 unspecified atom stereocenters. The van der Waals surface area contributed by atoms with Crippen molar-refractivity contribution >= 4 is 39.3 Å². The van der Waals surface area contributed by atoms with Crippen LogP contribution in [0.4, 0.5) is 0 Å². The molecule has 5 heteroatoms. The van der Waals surface area contributed by atoms with E-state index in [-0.39, 0.29) is 0 Å². The van der Waals surface area contributed by atoms with Crippen molar-refractivity contribution < 1.29 is 9.53 Å². The summed E-state index contributed by atoms with van der Waals surface area (Å²) < 4.78 is 7.39. The summed E-state index contributed by atoms with van der Waals surface area (Å²) in [5.74, 6) is -0.410. The normalized spacial score (nSPS) is 11.0. The highest BCUT2D eigenvalue weighted by molar-refractivity contribution is 7.16. The van der Waals surface area contributed by atoms with Gasteiger partial charge in [0.15, 0.2) is 0 Å². The molecule has 0 radical (unpaired) electrons. The average Bonchev–Trinajstić information content (AvgIpc) is 3.26. The third-order valence-electron chi connectivity index (χ3n) is 4.82. The molecule has 0 saturated heterocycles. The standard InChI is InChI=1S/C24H20ClNO2S/c1-4-28-24(27)16(3)22-20(18-10-12-19(25)13-11-18)21(17-8-6-5-7-9-17)23-26(22)15(2)14-29-23/h5-14H,3-4H2,1-2H3. The molecule has 0 aliphatic heterocycles. The Hall–Kier alpha value is -2.82. The van der Waals surface area contributed by atoms with Crippen LogP contribution in [0.5, 0.6) is 0 Å². The zero-order chi connectivity index (χ0) is 20.5. The molecule has 0 aliphatic carbocycles. The Kier molecular flexibility index (Phi) is 5.31. The van der Waals surface area contributed by atoms with Gasteiger partial charge in [-0.3, -0.25) is 0 Å². The van der Waals surface area contributed by atoms with Crippen LogP contribution in [0, 0.1) is 6.92 Å². The van der Waals surface area contributed by atoms with Crippen molar-refractivity contribution in [3.63, 3.8) is 0 Å². The number of nitrogens with zero attached hydrogens (tertiary/aromatic N) is 1. The number of aryl methyl sites for hydroxylation is 1.